The van der Waals surface area contributed by atoms with Crippen LogP contribution in [0.15, 0.2) is 56.4 Å². The van der Waals surface area contributed by atoms with Crippen molar-refractivity contribution in [3.05, 3.63) is 81.0 Å². The minimum atomic E-state index is -0.759. The zero-order chi connectivity index (χ0) is 26.7. The second-order valence-corrected chi connectivity index (χ2v) is 10.8. The van der Waals surface area contributed by atoms with Gasteiger partial charge in [-0.1, -0.05) is 33.3 Å². The monoisotopic (exact) mass is 698 g/mol. The van der Waals surface area contributed by atoms with E-state index in [1.165, 1.54) is 29.2 Å². The van der Waals surface area contributed by atoms with Crippen LogP contribution in [0.3, 0.4) is 0 Å². The molecule has 11 heteroatoms. The van der Waals surface area contributed by atoms with Gasteiger partial charge >= 0.3 is 5.97 Å². The van der Waals surface area contributed by atoms with Gasteiger partial charge in [-0.15, -0.1) is 0 Å². The van der Waals surface area contributed by atoms with E-state index in [9.17, 15) is 9.59 Å². The van der Waals surface area contributed by atoms with E-state index in [0.717, 1.165) is 13.6 Å². The second kappa shape index (κ2) is 11.8. The molecule has 4 rings (SSSR count). The minimum Gasteiger partial charge on any atom is -0.495 e. The van der Waals surface area contributed by atoms with Crippen LogP contribution in [-0.2, 0) is 9.53 Å². The summed E-state index contributed by atoms with van der Waals surface area (Å²) in [5.41, 5.74) is 1.37. The Bertz CT molecular complexity index is 1560. The Morgan fingerprint density at radius 1 is 1.16 bits per heavy atom. The molecule has 194 valence electrons. The van der Waals surface area contributed by atoms with E-state index < -0.39 is 12.0 Å². The van der Waals surface area contributed by atoms with Gasteiger partial charge in [0.1, 0.15) is 5.75 Å². The molecular formula is C26H24BrIN2O6S. The van der Waals surface area contributed by atoms with Crippen LogP contribution in [0, 0.1) is 3.57 Å². The van der Waals surface area contributed by atoms with Crippen molar-refractivity contribution in [3.8, 4) is 17.2 Å². The molecule has 0 spiro atoms. The molecule has 0 fully saturated rings. The van der Waals surface area contributed by atoms with Crippen molar-refractivity contribution < 1.29 is 23.7 Å². The molecule has 0 radical (unpaired) electrons. The fraction of sp³-hybridized carbons (Fsp3) is 0.269. The van der Waals surface area contributed by atoms with Gasteiger partial charge in [0, 0.05) is 16.2 Å². The van der Waals surface area contributed by atoms with E-state index in [-0.39, 0.29) is 11.1 Å². The number of carbonyl (C=O) groups excluding carboxylic acids is 1. The molecule has 1 atom stereocenters. The van der Waals surface area contributed by atoms with Gasteiger partial charge in [-0.25, -0.2) is 9.79 Å². The van der Waals surface area contributed by atoms with Crippen molar-refractivity contribution >= 4 is 61.9 Å². The third-order valence-corrected chi connectivity index (χ3v) is 7.79. The lowest BCUT2D eigenvalue weighted by Crippen LogP contribution is -2.39. The van der Waals surface area contributed by atoms with Crippen LogP contribution in [0.2, 0.25) is 0 Å². The predicted molar refractivity (Wildman–Crippen MR) is 153 cm³/mol. The Kier molecular flexibility index (Phi) is 8.75. The summed E-state index contributed by atoms with van der Waals surface area (Å²) in [6, 6.07) is 8.45. The van der Waals surface area contributed by atoms with Crippen LogP contribution in [-0.4, -0.2) is 38.0 Å². The number of nitrogens with zero attached hydrogens (tertiary/aromatic N) is 2. The summed E-state index contributed by atoms with van der Waals surface area (Å²) in [4.78, 5) is 31.4. The van der Waals surface area contributed by atoms with Crippen LogP contribution >= 0.6 is 49.9 Å². The molecule has 0 bridgehead atoms. The molecule has 1 aliphatic heterocycles. The third-order valence-electron chi connectivity index (χ3n) is 5.54. The molecule has 1 aliphatic rings. The molecule has 0 amide bonds. The Balaban J connectivity index is 1.94. The van der Waals surface area contributed by atoms with Gasteiger partial charge in [-0.2, -0.15) is 0 Å². The van der Waals surface area contributed by atoms with Crippen LogP contribution in [0.5, 0.6) is 17.2 Å². The number of methoxy groups -OCH3 is 2. The number of aromatic nitrogens is 1. The zero-order valence-corrected chi connectivity index (χ0v) is 25.1. The van der Waals surface area contributed by atoms with Crippen molar-refractivity contribution in [1.29, 1.82) is 0 Å². The standard InChI is InChI=1S/C26H24BrIN2O6S/c1-5-35-19-8-7-14(10-20(19)36-6-2)22-17(25(32)34-4)13-29-26-30(22)24(31)21(37-26)11-15-9-16(27)12-18(28)23(15)33-3/h7-13,22H,5-6H2,1-4H3/b21-11+/t22-/m0/s1. The summed E-state index contributed by atoms with van der Waals surface area (Å²) in [7, 11) is 2.89. The molecule has 8 nitrogen and oxygen atoms in total. The van der Waals surface area contributed by atoms with Crippen molar-refractivity contribution in [2.45, 2.75) is 19.9 Å². The molecule has 0 saturated carbocycles. The average molecular weight is 699 g/mol. The van der Waals surface area contributed by atoms with Crippen LogP contribution in [0.4, 0.5) is 0 Å². The van der Waals surface area contributed by atoms with Crippen LogP contribution in [0.25, 0.3) is 6.08 Å². The Morgan fingerprint density at radius 2 is 1.89 bits per heavy atom. The van der Waals surface area contributed by atoms with Crippen molar-refractivity contribution in [1.82, 2.24) is 4.57 Å². The molecule has 0 unspecified atom stereocenters. The fourth-order valence-corrected chi connectivity index (χ4v) is 6.76. The number of fused-ring (bicyclic) bond motifs is 1. The summed E-state index contributed by atoms with van der Waals surface area (Å²) < 4.78 is 25.8. The first-order valence-corrected chi connectivity index (χ1v) is 14.0. The lowest BCUT2D eigenvalue weighted by Gasteiger charge is -2.23. The summed E-state index contributed by atoms with van der Waals surface area (Å²) in [5, 5.41) is 0. The smallest absolute Gasteiger partial charge is 0.337 e. The minimum absolute atomic E-state index is 0.239. The molecule has 0 N–H and O–H groups in total. The maximum Gasteiger partial charge on any atom is 0.337 e. The number of thiazole rings is 1. The molecule has 37 heavy (non-hydrogen) atoms. The average Bonchev–Trinajstić information content (AvgIpc) is 3.19. The van der Waals surface area contributed by atoms with Gasteiger partial charge in [-0.05, 0) is 72.3 Å². The van der Waals surface area contributed by atoms with E-state index in [0.29, 0.717) is 45.4 Å². The molecular weight excluding hydrogens is 675 g/mol. The molecule has 3 aromatic rings. The van der Waals surface area contributed by atoms with Crippen LogP contribution < -0.4 is 29.1 Å². The first-order chi connectivity index (χ1) is 17.8. The number of hydrogen-bond acceptors (Lipinski definition) is 8. The lowest BCUT2D eigenvalue weighted by molar-refractivity contribution is -0.136. The van der Waals surface area contributed by atoms with E-state index in [1.54, 1.807) is 25.3 Å². The molecule has 2 heterocycles. The number of rotatable bonds is 8. The van der Waals surface area contributed by atoms with Crippen molar-refractivity contribution in [2.24, 2.45) is 4.99 Å². The predicted octanol–water partition coefficient (Wildman–Crippen LogP) is 4.19. The largest absolute Gasteiger partial charge is 0.495 e. The fourth-order valence-electron chi connectivity index (χ4n) is 4.03. The summed E-state index contributed by atoms with van der Waals surface area (Å²) in [6.07, 6.45) is 3.24. The molecule has 2 aromatic carbocycles. The first-order valence-electron chi connectivity index (χ1n) is 11.3. The molecule has 1 aromatic heterocycles. The zero-order valence-electron chi connectivity index (χ0n) is 20.5. The van der Waals surface area contributed by atoms with E-state index in [2.05, 4.69) is 43.5 Å². The maximum absolute atomic E-state index is 13.8. The number of ether oxygens (including phenoxy) is 4. The van der Waals surface area contributed by atoms with E-state index in [1.807, 2.05) is 32.0 Å². The first kappa shape index (κ1) is 27.4. The topological polar surface area (TPSA) is 88.4 Å². The summed E-state index contributed by atoms with van der Waals surface area (Å²) in [5.74, 6) is 1.20. The molecule has 0 aliphatic carbocycles. The summed E-state index contributed by atoms with van der Waals surface area (Å²) >= 11 is 6.94. The quantitative estimate of drug-likeness (QED) is 0.259. The second-order valence-electron chi connectivity index (χ2n) is 7.76. The Labute approximate surface area is 239 Å². The highest BCUT2D eigenvalue weighted by atomic mass is 127. The SMILES string of the molecule is CCOc1ccc([C@H]2C(C(=O)OC)=CN=c3s/c(=C/c4cc(Br)cc(I)c4OC)c(=O)n32)cc1OCC. The van der Waals surface area contributed by atoms with Crippen molar-refractivity contribution in [2.75, 3.05) is 27.4 Å². The number of halogens is 2. The van der Waals surface area contributed by atoms with Crippen LogP contribution in [0.1, 0.15) is 31.0 Å². The molecule has 0 saturated heterocycles. The van der Waals surface area contributed by atoms with Crippen molar-refractivity contribution in [3.63, 3.8) is 0 Å². The maximum atomic E-state index is 13.8. The Hall–Kier alpha value is -2.64. The normalized spacial score (nSPS) is 14.9. The lowest BCUT2D eigenvalue weighted by atomic mass is 9.97. The van der Waals surface area contributed by atoms with Gasteiger partial charge < -0.3 is 18.9 Å². The van der Waals surface area contributed by atoms with Gasteiger partial charge in [0.2, 0.25) is 0 Å². The highest BCUT2D eigenvalue weighted by molar-refractivity contribution is 14.1. The van der Waals surface area contributed by atoms with Gasteiger partial charge in [0.25, 0.3) is 5.56 Å². The van der Waals surface area contributed by atoms with E-state index >= 15 is 0 Å². The van der Waals surface area contributed by atoms with Gasteiger partial charge in [0.05, 0.1) is 47.2 Å². The number of hydrogen-bond donors (Lipinski definition) is 0. The number of benzene rings is 2. The third kappa shape index (κ3) is 5.48. The van der Waals surface area contributed by atoms with Gasteiger partial charge in [0.15, 0.2) is 16.3 Å². The summed E-state index contributed by atoms with van der Waals surface area (Å²) in [6.45, 7) is 4.67. The van der Waals surface area contributed by atoms with Gasteiger partial charge in [-0.3, -0.25) is 9.36 Å². The Morgan fingerprint density at radius 3 is 2.57 bits per heavy atom. The van der Waals surface area contributed by atoms with E-state index in [4.69, 9.17) is 18.9 Å². The number of esters is 1. The highest BCUT2D eigenvalue weighted by Gasteiger charge is 2.31. The highest BCUT2D eigenvalue weighted by Crippen LogP contribution is 2.35. The number of carbonyl (C=O) groups is 1.